The average molecular weight is 384 g/mol. The highest BCUT2D eigenvalue weighted by atomic mass is 32.2. The first-order valence-corrected chi connectivity index (χ1v) is 9.65. The number of nitrogens with zero attached hydrogens (tertiary/aromatic N) is 5. The van der Waals surface area contributed by atoms with Gasteiger partial charge in [-0.25, -0.2) is 19.6 Å². The molecule has 0 bridgehead atoms. The Morgan fingerprint density at radius 3 is 2.78 bits per heavy atom. The number of thioether (sulfide) groups is 1. The summed E-state index contributed by atoms with van der Waals surface area (Å²) in [6.07, 6.45) is 4.89. The van der Waals surface area contributed by atoms with Gasteiger partial charge in [0.2, 0.25) is 5.91 Å². The zero-order valence-corrected chi connectivity index (χ0v) is 16.4. The maximum Gasteiger partial charge on any atom is 0.276 e. The fourth-order valence-electron chi connectivity index (χ4n) is 2.62. The molecule has 0 saturated heterocycles. The summed E-state index contributed by atoms with van der Waals surface area (Å²) in [6, 6.07) is 3.54. The molecule has 0 aliphatic carbocycles. The quantitative estimate of drug-likeness (QED) is 0.674. The van der Waals surface area contributed by atoms with Crippen LogP contribution in [0.25, 0.3) is 10.9 Å². The second-order valence-electron chi connectivity index (χ2n) is 6.36. The van der Waals surface area contributed by atoms with Crippen LogP contribution in [-0.2, 0) is 11.3 Å². The van der Waals surface area contributed by atoms with Gasteiger partial charge < -0.3 is 5.32 Å². The van der Waals surface area contributed by atoms with Gasteiger partial charge in [-0.2, -0.15) is 5.10 Å². The highest BCUT2D eigenvalue weighted by Gasteiger charge is 2.17. The average Bonchev–Trinajstić information content (AvgIpc) is 2.65. The van der Waals surface area contributed by atoms with Gasteiger partial charge in [0.15, 0.2) is 0 Å². The van der Waals surface area contributed by atoms with Crippen molar-refractivity contribution in [3.8, 4) is 0 Å². The highest BCUT2D eigenvalue weighted by Crippen LogP contribution is 2.22. The van der Waals surface area contributed by atoms with E-state index in [9.17, 15) is 9.59 Å². The Kier molecular flexibility index (Phi) is 5.50. The van der Waals surface area contributed by atoms with Crippen LogP contribution in [0, 0.1) is 6.92 Å². The summed E-state index contributed by atoms with van der Waals surface area (Å²) in [5.74, 6) is 0.0875. The number of hydrogen-bond donors (Lipinski definition) is 1. The van der Waals surface area contributed by atoms with E-state index in [1.807, 2.05) is 20.1 Å². The molecule has 0 unspecified atom stereocenters. The Labute approximate surface area is 160 Å². The number of rotatable bonds is 5. The van der Waals surface area contributed by atoms with Crippen molar-refractivity contribution in [2.45, 2.75) is 38.3 Å². The number of pyridine rings is 1. The molecule has 3 heterocycles. The zero-order valence-electron chi connectivity index (χ0n) is 15.6. The molecule has 3 rings (SSSR count). The van der Waals surface area contributed by atoms with Crippen LogP contribution in [0.1, 0.15) is 31.0 Å². The predicted octanol–water partition coefficient (Wildman–Crippen LogP) is 2.37. The smallest absolute Gasteiger partial charge is 0.276 e. The topological polar surface area (TPSA) is 103 Å². The molecule has 0 saturated carbocycles. The number of hydrogen-bond acceptors (Lipinski definition) is 7. The van der Waals surface area contributed by atoms with Crippen molar-refractivity contribution in [3.05, 3.63) is 46.3 Å². The maximum atomic E-state index is 12.8. The molecule has 27 heavy (non-hydrogen) atoms. The molecule has 0 aliphatic rings. The molecule has 0 atom stereocenters. The number of amides is 1. The largest absolute Gasteiger partial charge is 0.309 e. The summed E-state index contributed by atoms with van der Waals surface area (Å²) >= 11 is 1.50. The van der Waals surface area contributed by atoms with Crippen LogP contribution in [0.4, 0.5) is 5.82 Å². The molecule has 0 fully saturated rings. The Bertz CT molecular complexity index is 1060. The van der Waals surface area contributed by atoms with Crippen LogP contribution in [0.3, 0.4) is 0 Å². The van der Waals surface area contributed by atoms with Crippen LogP contribution in [0.2, 0.25) is 0 Å². The number of carbonyl (C=O) groups excluding carboxylic acids is 1. The number of aromatic nitrogens is 5. The van der Waals surface area contributed by atoms with E-state index in [1.54, 1.807) is 25.3 Å². The van der Waals surface area contributed by atoms with Crippen molar-refractivity contribution >= 4 is 34.4 Å². The van der Waals surface area contributed by atoms with Crippen molar-refractivity contribution in [3.63, 3.8) is 0 Å². The summed E-state index contributed by atoms with van der Waals surface area (Å²) in [7, 11) is 0. The Morgan fingerprint density at radius 2 is 2.11 bits per heavy atom. The standard InChI is InChI=1S/C18H20N6O2S/c1-10(2)15-16-12(5-6-14(22-16)27-4)18(26)24(23-15)8-13(25)21-17-11(3)7-19-9-20-17/h5-7,9-10H,8H2,1-4H3,(H,19,20,21,25). The summed E-state index contributed by atoms with van der Waals surface area (Å²) in [5.41, 5.74) is 1.67. The van der Waals surface area contributed by atoms with E-state index in [4.69, 9.17) is 0 Å². The molecule has 9 heteroatoms. The zero-order chi connectivity index (χ0) is 19.6. The summed E-state index contributed by atoms with van der Waals surface area (Å²) < 4.78 is 1.18. The number of aryl methyl sites for hydroxylation is 1. The van der Waals surface area contributed by atoms with Gasteiger partial charge >= 0.3 is 0 Å². The van der Waals surface area contributed by atoms with Gasteiger partial charge in [-0.3, -0.25) is 9.59 Å². The molecule has 3 aromatic rings. The van der Waals surface area contributed by atoms with Gasteiger partial charge in [0, 0.05) is 11.8 Å². The molecule has 0 spiro atoms. The first kappa shape index (κ1) is 19.0. The van der Waals surface area contributed by atoms with Crippen LogP contribution in [0.5, 0.6) is 0 Å². The number of fused-ring (bicyclic) bond motifs is 1. The van der Waals surface area contributed by atoms with E-state index in [0.717, 1.165) is 10.6 Å². The Balaban J connectivity index is 1.99. The summed E-state index contributed by atoms with van der Waals surface area (Å²) in [4.78, 5) is 37.7. The van der Waals surface area contributed by atoms with Gasteiger partial charge in [-0.1, -0.05) is 13.8 Å². The first-order valence-electron chi connectivity index (χ1n) is 8.43. The van der Waals surface area contributed by atoms with Crippen molar-refractivity contribution < 1.29 is 4.79 Å². The minimum absolute atomic E-state index is 0.0520. The Hall–Kier alpha value is -2.81. The minimum atomic E-state index is -0.380. The molecule has 1 amide bonds. The van der Waals surface area contributed by atoms with Crippen LogP contribution in [-0.4, -0.2) is 36.9 Å². The molecular weight excluding hydrogens is 364 g/mol. The van der Waals surface area contributed by atoms with Crippen molar-refractivity contribution in [2.75, 3.05) is 11.6 Å². The lowest BCUT2D eigenvalue weighted by Crippen LogP contribution is -2.31. The number of anilines is 1. The van der Waals surface area contributed by atoms with Crippen LogP contribution < -0.4 is 10.9 Å². The van der Waals surface area contributed by atoms with E-state index in [-0.39, 0.29) is 23.9 Å². The summed E-state index contributed by atoms with van der Waals surface area (Å²) in [6.45, 7) is 5.55. The Morgan fingerprint density at radius 1 is 1.33 bits per heavy atom. The summed E-state index contributed by atoms with van der Waals surface area (Å²) in [5, 5.41) is 8.39. The lowest BCUT2D eigenvalue weighted by Gasteiger charge is -2.13. The van der Waals surface area contributed by atoms with Crippen molar-refractivity contribution in [1.29, 1.82) is 0 Å². The molecule has 140 valence electrons. The van der Waals surface area contributed by atoms with Crippen LogP contribution in [0.15, 0.2) is 34.5 Å². The lowest BCUT2D eigenvalue weighted by atomic mass is 10.1. The third-order valence-electron chi connectivity index (χ3n) is 4.01. The molecule has 1 N–H and O–H groups in total. The van der Waals surface area contributed by atoms with Gasteiger partial charge in [0.1, 0.15) is 24.2 Å². The molecule has 3 aromatic heterocycles. The van der Waals surface area contributed by atoms with E-state index < -0.39 is 0 Å². The lowest BCUT2D eigenvalue weighted by molar-refractivity contribution is -0.117. The van der Waals surface area contributed by atoms with Crippen LogP contribution >= 0.6 is 11.8 Å². The normalized spacial score (nSPS) is 11.1. The fourth-order valence-corrected chi connectivity index (χ4v) is 3.01. The van der Waals surface area contributed by atoms with Crippen molar-refractivity contribution in [2.24, 2.45) is 0 Å². The van der Waals surface area contributed by atoms with Gasteiger partial charge in [-0.05, 0) is 31.2 Å². The highest BCUT2D eigenvalue weighted by molar-refractivity contribution is 7.98. The monoisotopic (exact) mass is 384 g/mol. The maximum absolute atomic E-state index is 12.8. The predicted molar refractivity (Wildman–Crippen MR) is 105 cm³/mol. The minimum Gasteiger partial charge on any atom is -0.309 e. The van der Waals surface area contributed by atoms with E-state index in [2.05, 4.69) is 25.4 Å². The SMILES string of the molecule is CSc1ccc2c(=O)n(CC(=O)Nc3ncncc3C)nc(C(C)C)c2n1. The molecule has 0 aliphatic heterocycles. The fraction of sp³-hybridized carbons (Fsp3) is 0.333. The molecule has 0 radical (unpaired) electrons. The molecule has 0 aromatic carbocycles. The third kappa shape index (κ3) is 3.97. The second kappa shape index (κ2) is 7.83. The van der Waals surface area contributed by atoms with E-state index in [0.29, 0.717) is 22.4 Å². The van der Waals surface area contributed by atoms with Gasteiger partial charge in [0.05, 0.1) is 16.1 Å². The number of carbonyl (C=O) groups is 1. The van der Waals surface area contributed by atoms with E-state index >= 15 is 0 Å². The molecule has 8 nitrogen and oxygen atoms in total. The van der Waals surface area contributed by atoms with E-state index in [1.165, 1.54) is 22.8 Å². The molecular formula is C18H20N6O2S. The third-order valence-corrected chi connectivity index (χ3v) is 4.65. The van der Waals surface area contributed by atoms with Crippen molar-refractivity contribution in [1.82, 2.24) is 24.7 Å². The second-order valence-corrected chi connectivity index (χ2v) is 7.18. The van der Waals surface area contributed by atoms with Gasteiger partial charge in [0.25, 0.3) is 5.56 Å². The number of nitrogens with one attached hydrogen (secondary N) is 1. The first-order chi connectivity index (χ1) is 12.9. The van der Waals surface area contributed by atoms with Gasteiger partial charge in [-0.15, -0.1) is 11.8 Å².